The summed E-state index contributed by atoms with van der Waals surface area (Å²) >= 11 is 5.98. The number of aromatic nitrogens is 1. The van der Waals surface area contributed by atoms with Crippen LogP contribution in [0.2, 0.25) is 5.02 Å². The van der Waals surface area contributed by atoms with E-state index in [9.17, 15) is 23.1 Å². The van der Waals surface area contributed by atoms with Crippen molar-refractivity contribution < 1.29 is 37.1 Å². The largest absolute Gasteiger partial charge is 0.522 e. The van der Waals surface area contributed by atoms with E-state index in [1.807, 2.05) is 6.07 Å². The molecule has 182 valence electrons. The number of fused-ring (bicyclic) bond motifs is 1. The lowest BCUT2D eigenvalue weighted by Crippen LogP contribution is -2.77. The van der Waals surface area contributed by atoms with Crippen LogP contribution >= 0.6 is 11.6 Å². The van der Waals surface area contributed by atoms with Gasteiger partial charge in [-0.05, 0) is 50.3 Å². The molecule has 2 N–H and O–H groups in total. The number of amides is 1. The van der Waals surface area contributed by atoms with Gasteiger partial charge in [0.1, 0.15) is 11.5 Å². The molecule has 7 rings (SSSR count). The van der Waals surface area contributed by atoms with Crippen molar-refractivity contribution in [3.8, 4) is 5.75 Å². The number of nitrogens with zero attached hydrogens (tertiary/aromatic N) is 1. The van der Waals surface area contributed by atoms with Crippen LogP contribution in [-0.2, 0) is 14.9 Å². The van der Waals surface area contributed by atoms with E-state index in [1.54, 1.807) is 18.2 Å². The zero-order valence-corrected chi connectivity index (χ0v) is 18.7. The van der Waals surface area contributed by atoms with Crippen LogP contribution in [0, 0.1) is 0 Å². The summed E-state index contributed by atoms with van der Waals surface area (Å²) in [7, 11) is 0. The molecule has 4 aliphatic carbocycles. The zero-order chi connectivity index (χ0) is 23.9. The Hall–Kier alpha value is -2.30. The first-order valence-corrected chi connectivity index (χ1v) is 11.6. The van der Waals surface area contributed by atoms with Crippen molar-refractivity contribution in [1.82, 2.24) is 10.5 Å². The Morgan fingerprint density at radius 2 is 1.94 bits per heavy atom. The van der Waals surface area contributed by atoms with Crippen LogP contribution in [0.4, 0.5) is 13.2 Å². The molecule has 1 aromatic carbocycles. The fraction of sp³-hybridized carbons (Fsp3) is 0.565. The molecule has 34 heavy (non-hydrogen) atoms. The minimum absolute atomic E-state index is 0.123. The van der Waals surface area contributed by atoms with Crippen LogP contribution in [0.25, 0.3) is 0 Å². The standard InChI is InChI=1S/C23H22ClF3N2O5/c24-12-1-2-16-14(5-12)15(30)6-18(32-16)20(31)28-22-8-21(9-22,10-22)19-7-17(34-29-19)11-3-13(4-11)33-23(25,26)27/h1-2,5,7,11,13,15,18,30H,3-4,6,8-10H2,(H,28,31)/t11?,13?,15-,18-,21?,22?/m1/s1. The van der Waals surface area contributed by atoms with Crippen LogP contribution in [0.1, 0.15) is 67.6 Å². The average Bonchev–Trinajstić information content (AvgIpc) is 3.14. The van der Waals surface area contributed by atoms with Gasteiger partial charge in [-0.2, -0.15) is 0 Å². The summed E-state index contributed by atoms with van der Waals surface area (Å²) in [5.41, 5.74) is 0.865. The molecule has 11 heteroatoms. The van der Waals surface area contributed by atoms with Crippen molar-refractivity contribution in [1.29, 1.82) is 0 Å². The normalized spacial score (nSPS) is 35.8. The van der Waals surface area contributed by atoms with Crippen LogP contribution in [-0.4, -0.2) is 40.3 Å². The van der Waals surface area contributed by atoms with Gasteiger partial charge in [-0.1, -0.05) is 16.8 Å². The lowest BCUT2D eigenvalue weighted by atomic mass is 9.38. The van der Waals surface area contributed by atoms with Crippen molar-refractivity contribution in [2.45, 2.75) is 80.1 Å². The molecule has 2 aromatic rings. The second-order valence-corrected chi connectivity index (χ2v) is 10.5. The number of hydrogen-bond acceptors (Lipinski definition) is 6. The second-order valence-electron chi connectivity index (χ2n) is 10.1. The van der Waals surface area contributed by atoms with Crippen LogP contribution < -0.4 is 10.1 Å². The molecular weight excluding hydrogens is 477 g/mol. The smallest absolute Gasteiger partial charge is 0.480 e. The number of benzene rings is 1. The molecule has 2 bridgehead atoms. The number of halogens is 4. The molecular formula is C23H22ClF3N2O5. The van der Waals surface area contributed by atoms with E-state index in [-0.39, 0.29) is 42.0 Å². The number of carbonyl (C=O) groups is 1. The van der Waals surface area contributed by atoms with Crippen molar-refractivity contribution in [2.75, 3.05) is 0 Å². The summed E-state index contributed by atoms with van der Waals surface area (Å²) in [6.45, 7) is 0. The van der Waals surface area contributed by atoms with Gasteiger partial charge in [0.2, 0.25) is 0 Å². The Kier molecular flexibility index (Phi) is 4.80. The first-order chi connectivity index (χ1) is 16.0. The lowest BCUT2D eigenvalue weighted by molar-refractivity contribution is -0.352. The fourth-order valence-corrected chi connectivity index (χ4v) is 6.11. The summed E-state index contributed by atoms with van der Waals surface area (Å²) in [6.07, 6.45) is -4.30. The van der Waals surface area contributed by atoms with Gasteiger partial charge < -0.3 is 19.7 Å². The van der Waals surface area contributed by atoms with Gasteiger partial charge in [0.25, 0.3) is 5.91 Å². The second kappa shape index (κ2) is 7.35. The van der Waals surface area contributed by atoms with Gasteiger partial charge in [0.05, 0.1) is 17.9 Å². The Bertz CT molecular complexity index is 1130. The number of ether oxygens (including phenoxy) is 2. The third-order valence-corrected chi connectivity index (χ3v) is 7.85. The minimum Gasteiger partial charge on any atom is -0.480 e. The number of rotatable bonds is 5. The third kappa shape index (κ3) is 3.67. The van der Waals surface area contributed by atoms with Crippen LogP contribution in [0.3, 0.4) is 0 Å². The molecule has 0 unspecified atom stereocenters. The third-order valence-electron chi connectivity index (χ3n) is 7.62. The summed E-state index contributed by atoms with van der Waals surface area (Å²) in [4.78, 5) is 12.9. The molecule has 1 aliphatic heterocycles. The van der Waals surface area contributed by atoms with E-state index in [2.05, 4.69) is 15.2 Å². The molecule has 7 nitrogen and oxygen atoms in total. The highest BCUT2D eigenvalue weighted by Crippen LogP contribution is 2.67. The lowest BCUT2D eigenvalue weighted by Gasteiger charge is -2.69. The number of aliphatic hydroxyl groups is 1. The van der Waals surface area contributed by atoms with E-state index < -0.39 is 24.7 Å². The SMILES string of the molecule is O=C(NC12CC(c3cc(C4CC(OC(F)(F)F)C4)on3)(C1)C2)[C@H]1C[C@@H](O)c2cc(Cl)ccc2O1. The predicted molar refractivity (Wildman–Crippen MR) is 111 cm³/mol. The summed E-state index contributed by atoms with van der Waals surface area (Å²) in [5, 5.41) is 18.2. The average molecular weight is 499 g/mol. The Balaban J connectivity index is 1.03. The van der Waals surface area contributed by atoms with Gasteiger partial charge >= 0.3 is 6.36 Å². The predicted octanol–water partition coefficient (Wildman–Crippen LogP) is 4.29. The van der Waals surface area contributed by atoms with Gasteiger partial charge in [0, 0.05) is 39.9 Å². The maximum absolute atomic E-state index is 12.9. The number of alkyl halides is 3. The maximum Gasteiger partial charge on any atom is 0.522 e. The van der Waals surface area contributed by atoms with Crippen molar-refractivity contribution >= 4 is 17.5 Å². The first-order valence-electron chi connectivity index (χ1n) is 11.2. The van der Waals surface area contributed by atoms with Crippen molar-refractivity contribution in [3.63, 3.8) is 0 Å². The minimum atomic E-state index is -4.62. The highest BCUT2D eigenvalue weighted by Gasteiger charge is 2.70. The van der Waals surface area contributed by atoms with E-state index in [4.69, 9.17) is 20.9 Å². The fourth-order valence-electron chi connectivity index (χ4n) is 5.93. The number of aliphatic hydroxyl groups excluding tert-OH is 1. The Morgan fingerprint density at radius 1 is 1.21 bits per heavy atom. The maximum atomic E-state index is 12.9. The Morgan fingerprint density at radius 3 is 2.65 bits per heavy atom. The number of nitrogens with one attached hydrogen (secondary N) is 1. The molecule has 1 aromatic heterocycles. The highest BCUT2D eigenvalue weighted by molar-refractivity contribution is 6.30. The molecule has 5 aliphatic rings. The first kappa shape index (κ1) is 22.2. The molecule has 0 saturated heterocycles. The highest BCUT2D eigenvalue weighted by atomic mass is 35.5. The van der Waals surface area contributed by atoms with E-state index >= 15 is 0 Å². The van der Waals surface area contributed by atoms with Crippen LogP contribution in [0.5, 0.6) is 5.75 Å². The molecule has 2 atom stereocenters. The van der Waals surface area contributed by atoms with Gasteiger partial charge in [0.15, 0.2) is 6.10 Å². The quantitative estimate of drug-likeness (QED) is 0.639. The summed E-state index contributed by atoms with van der Waals surface area (Å²) in [6, 6.07) is 6.78. The van der Waals surface area contributed by atoms with Crippen molar-refractivity contribution in [2.24, 2.45) is 0 Å². The molecule has 0 spiro atoms. The molecule has 2 heterocycles. The monoisotopic (exact) mass is 498 g/mol. The molecule has 4 fully saturated rings. The van der Waals surface area contributed by atoms with E-state index in [0.717, 1.165) is 5.69 Å². The van der Waals surface area contributed by atoms with Gasteiger partial charge in [-0.3, -0.25) is 9.53 Å². The zero-order valence-electron chi connectivity index (χ0n) is 17.9. The topological polar surface area (TPSA) is 93.8 Å². The molecule has 1 amide bonds. The van der Waals surface area contributed by atoms with Crippen molar-refractivity contribution in [3.05, 3.63) is 46.3 Å². The number of hydrogen-bond donors (Lipinski definition) is 2. The Labute approximate surface area is 197 Å². The molecule has 0 radical (unpaired) electrons. The van der Waals surface area contributed by atoms with Crippen LogP contribution in [0.15, 0.2) is 28.8 Å². The summed E-state index contributed by atoms with van der Waals surface area (Å²) in [5.74, 6) is 0.649. The van der Waals surface area contributed by atoms with Gasteiger partial charge in [-0.25, -0.2) is 0 Å². The van der Waals surface area contributed by atoms with E-state index in [0.29, 0.717) is 41.4 Å². The van der Waals surface area contributed by atoms with E-state index in [1.165, 1.54) is 0 Å². The molecule has 4 saturated carbocycles. The number of carbonyl (C=O) groups excluding carboxylic acids is 1. The summed E-state index contributed by atoms with van der Waals surface area (Å²) < 4.78 is 52.2. The van der Waals surface area contributed by atoms with Gasteiger partial charge in [-0.15, -0.1) is 13.2 Å².